The number of hydrogen-bond acceptors (Lipinski definition) is 3. The molecule has 0 unspecified atom stereocenters. The maximum atomic E-state index is 13.0. The van der Waals surface area contributed by atoms with E-state index >= 15 is 0 Å². The van der Waals surface area contributed by atoms with Crippen LogP contribution in [0.3, 0.4) is 0 Å². The fraction of sp³-hybridized carbons (Fsp3) is 0.350. The molecule has 2 aromatic rings. The van der Waals surface area contributed by atoms with Gasteiger partial charge in [-0.05, 0) is 55.2 Å². The van der Waals surface area contributed by atoms with Crippen LogP contribution in [0.15, 0.2) is 53.4 Å². The van der Waals surface area contributed by atoms with E-state index in [2.05, 4.69) is 5.32 Å². The minimum absolute atomic E-state index is 0.0444. The summed E-state index contributed by atoms with van der Waals surface area (Å²) in [4.78, 5) is 12.5. The number of piperidine rings is 1. The fourth-order valence-corrected chi connectivity index (χ4v) is 4.72. The van der Waals surface area contributed by atoms with E-state index in [-0.39, 0.29) is 29.8 Å². The van der Waals surface area contributed by atoms with Crippen molar-refractivity contribution in [1.82, 2.24) is 9.62 Å². The minimum Gasteiger partial charge on any atom is -0.352 e. The molecule has 0 saturated carbocycles. The van der Waals surface area contributed by atoms with Crippen LogP contribution in [0.25, 0.3) is 0 Å². The third-order valence-corrected chi connectivity index (χ3v) is 6.90. The highest BCUT2D eigenvalue weighted by molar-refractivity contribution is 7.89. The van der Waals surface area contributed by atoms with Gasteiger partial charge in [0.05, 0.1) is 4.90 Å². The molecule has 27 heavy (non-hydrogen) atoms. The lowest BCUT2D eigenvalue weighted by Gasteiger charge is -2.30. The molecule has 1 fully saturated rings. The molecule has 1 heterocycles. The lowest BCUT2D eigenvalue weighted by atomic mass is 9.97. The molecule has 7 heteroatoms. The van der Waals surface area contributed by atoms with Crippen LogP contribution in [0.1, 0.15) is 24.0 Å². The Kier molecular flexibility index (Phi) is 5.92. The Morgan fingerprint density at radius 3 is 2.37 bits per heavy atom. The molecule has 1 aliphatic rings. The normalized spacial score (nSPS) is 16.2. The second-order valence-corrected chi connectivity index (χ2v) is 8.71. The van der Waals surface area contributed by atoms with Gasteiger partial charge in [0.15, 0.2) is 0 Å². The molecule has 0 aromatic heterocycles. The van der Waals surface area contributed by atoms with E-state index in [1.807, 2.05) is 31.2 Å². The molecule has 3 rings (SSSR count). The second kappa shape index (κ2) is 8.19. The monoisotopic (exact) mass is 390 g/mol. The Balaban J connectivity index is 1.56. The molecule has 0 radical (unpaired) electrons. The Morgan fingerprint density at radius 1 is 1.11 bits per heavy atom. The maximum absolute atomic E-state index is 13.0. The van der Waals surface area contributed by atoms with Gasteiger partial charge in [-0.2, -0.15) is 4.31 Å². The van der Waals surface area contributed by atoms with Crippen molar-refractivity contribution in [3.8, 4) is 0 Å². The quantitative estimate of drug-likeness (QED) is 0.854. The number of benzene rings is 2. The SMILES string of the molecule is Cc1ccccc1CNC(=O)C1CCN(S(=O)(=O)c2ccc(F)cc2)CC1. The van der Waals surface area contributed by atoms with Crippen LogP contribution in [-0.2, 0) is 21.4 Å². The zero-order chi connectivity index (χ0) is 19.4. The third-order valence-electron chi connectivity index (χ3n) is 4.99. The summed E-state index contributed by atoms with van der Waals surface area (Å²) in [5.41, 5.74) is 2.19. The largest absolute Gasteiger partial charge is 0.352 e. The van der Waals surface area contributed by atoms with Crippen LogP contribution < -0.4 is 5.32 Å². The Morgan fingerprint density at radius 2 is 1.74 bits per heavy atom. The van der Waals surface area contributed by atoms with Crippen LogP contribution in [-0.4, -0.2) is 31.7 Å². The zero-order valence-electron chi connectivity index (χ0n) is 15.2. The van der Waals surface area contributed by atoms with Gasteiger partial charge in [0.1, 0.15) is 5.82 Å². The van der Waals surface area contributed by atoms with E-state index in [4.69, 9.17) is 0 Å². The van der Waals surface area contributed by atoms with Crippen LogP contribution in [0.2, 0.25) is 0 Å². The number of amides is 1. The highest BCUT2D eigenvalue weighted by Gasteiger charge is 2.32. The first-order valence-corrected chi connectivity index (χ1v) is 10.4. The third kappa shape index (κ3) is 4.54. The van der Waals surface area contributed by atoms with Crippen LogP contribution in [0.4, 0.5) is 4.39 Å². The van der Waals surface area contributed by atoms with Crippen molar-refractivity contribution in [2.24, 2.45) is 5.92 Å². The summed E-state index contributed by atoms with van der Waals surface area (Å²) in [6.45, 7) is 3.03. The van der Waals surface area contributed by atoms with Crippen LogP contribution in [0.5, 0.6) is 0 Å². The minimum atomic E-state index is -3.65. The van der Waals surface area contributed by atoms with Crippen molar-refractivity contribution in [2.45, 2.75) is 31.2 Å². The van der Waals surface area contributed by atoms with E-state index in [9.17, 15) is 17.6 Å². The van der Waals surface area contributed by atoms with Gasteiger partial charge in [0.25, 0.3) is 0 Å². The number of carbonyl (C=O) groups excluding carboxylic acids is 1. The van der Waals surface area contributed by atoms with Gasteiger partial charge >= 0.3 is 0 Å². The van der Waals surface area contributed by atoms with Crippen molar-refractivity contribution in [3.63, 3.8) is 0 Å². The fourth-order valence-electron chi connectivity index (χ4n) is 3.25. The van der Waals surface area contributed by atoms with E-state index in [0.29, 0.717) is 19.4 Å². The molecule has 1 aliphatic heterocycles. The van der Waals surface area contributed by atoms with Crippen molar-refractivity contribution in [2.75, 3.05) is 13.1 Å². The van der Waals surface area contributed by atoms with Gasteiger partial charge in [0.2, 0.25) is 15.9 Å². The molecule has 0 bridgehead atoms. The van der Waals surface area contributed by atoms with E-state index < -0.39 is 15.8 Å². The zero-order valence-corrected chi connectivity index (χ0v) is 16.0. The smallest absolute Gasteiger partial charge is 0.243 e. The van der Waals surface area contributed by atoms with Crippen molar-refractivity contribution in [1.29, 1.82) is 0 Å². The molecule has 1 N–H and O–H groups in total. The maximum Gasteiger partial charge on any atom is 0.243 e. The summed E-state index contributed by atoms with van der Waals surface area (Å²) in [5, 5.41) is 2.95. The summed E-state index contributed by atoms with van der Waals surface area (Å²) < 4.78 is 39.6. The van der Waals surface area contributed by atoms with Gasteiger partial charge in [0, 0.05) is 25.6 Å². The Labute approximate surface area is 159 Å². The summed E-state index contributed by atoms with van der Waals surface area (Å²) in [6.07, 6.45) is 0.945. The summed E-state index contributed by atoms with van der Waals surface area (Å²) in [5.74, 6) is -0.719. The van der Waals surface area contributed by atoms with E-state index in [0.717, 1.165) is 23.3 Å². The number of aryl methyl sites for hydroxylation is 1. The van der Waals surface area contributed by atoms with E-state index in [1.54, 1.807) is 0 Å². The summed E-state index contributed by atoms with van der Waals surface area (Å²) in [6, 6.07) is 12.7. The molecule has 0 aliphatic carbocycles. The van der Waals surface area contributed by atoms with Gasteiger partial charge in [-0.3, -0.25) is 4.79 Å². The standard InChI is InChI=1S/C20H23FN2O3S/c1-15-4-2-3-5-17(15)14-22-20(24)16-10-12-23(13-11-16)27(25,26)19-8-6-18(21)7-9-19/h2-9,16H,10-14H2,1H3,(H,22,24). The average molecular weight is 390 g/mol. The van der Waals surface area contributed by atoms with Crippen LogP contribution >= 0.6 is 0 Å². The number of carbonyl (C=O) groups is 1. The molecule has 1 amide bonds. The Hall–Kier alpha value is -2.25. The molecule has 1 saturated heterocycles. The lowest BCUT2D eigenvalue weighted by Crippen LogP contribution is -2.42. The Bertz CT molecular complexity index is 905. The number of halogens is 1. The van der Waals surface area contributed by atoms with Gasteiger partial charge in [-0.15, -0.1) is 0 Å². The first-order chi connectivity index (χ1) is 12.9. The highest BCUT2D eigenvalue weighted by atomic mass is 32.2. The first-order valence-electron chi connectivity index (χ1n) is 8.96. The summed E-state index contributed by atoms with van der Waals surface area (Å²) in [7, 11) is -3.65. The van der Waals surface area contributed by atoms with Crippen molar-refractivity contribution in [3.05, 3.63) is 65.5 Å². The first kappa shape index (κ1) is 19.5. The second-order valence-electron chi connectivity index (χ2n) is 6.78. The van der Waals surface area contributed by atoms with Crippen molar-refractivity contribution < 1.29 is 17.6 Å². The molecule has 144 valence electrons. The average Bonchev–Trinajstić information content (AvgIpc) is 2.67. The van der Waals surface area contributed by atoms with Gasteiger partial charge in [-0.25, -0.2) is 12.8 Å². The van der Waals surface area contributed by atoms with Crippen LogP contribution in [0, 0.1) is 18.7 Å². The van der Waals surface area contributed by atoms with Gasteiger partial charge < -0.3 is 5.32 Å². The number of rotatable bonds is 5. The summed E-state index contributed by atoms with van der Waals surface area (Å²) >= 11 is 0. The topological polar surface area (TPSA) is 66.5 Å². The predicted octanol–water partition coefficient (Wildman–Crippen LogP) is 2.85. The van der Waals surface area contributed by atoms with Crippen molar-refractivity contribution >= 4 is 15.9 Å². The highest BCUT2D eigenvalue weighted by Crippen LogP contribution is 2.24. The number of nitrogens with one attached hydrogen (secondary N) is 1. The molecular weight excluding hydrogens is 367 g/mol. The molecule has 5 nitrogen and oxygen atoms in total. The number of nitrogens with zero attached hydrogens (tertiary/aromatic N) is 1. The molecular formula is C20H23FN2O3S. The van der Waals surface area contributed by atoms with Gasteiger partial charge in [-0.1, -0.05) is 24.3 Å². The molecule has 2 aromatic carbocycles. The number of sulfonamides is 1. The lowest BCUT2D eigenvalue weighted by molar-refractivity contribution is -0.126. The molecule has 0 spiro atoms. The number of hydrogen-bond donors (Lipinski definition) is 1. The predicted molar refractivity (Wildman–Crippen MR) is 101 cm³/mol. The van der Waals surface area contributed by atoms with E-state index in [1.165, 1.54) is 16.4 Å². The molecule has 0 atom stereocenters.